The van der Waals surface area contributed by atoms with Gasteiger partial charge in [0.1, 0.15) is 5.60 Å². The molecule has 0 heterocycles. The number of hydrogen-bond donors (Lipinski definition) is 2. The van der Waals surface area contributed by atoms with Gasteiger partial charge in [-0.05, 0) is 33.9 Å². The van der Waals surface area contributed by atoms with Crippen LogP contribution in [0.1, 0.15) is 34.6 Å². The number of hydrogen-bond acceptors (Lipinski definition) is 5. The molecular formula is C15H31N3O3S. The molecule has 7 heteroatoms. The Bertz CT molecular complexity index is 328. The van der Waals surface area contributed by atoms with Gasteiger partial charge in [0.2, 0.25) is 5.91 Å². The molecule has 0 unspecified atom stereocenters. The molecule has 0 fully saturated rings. The summed E-state index contributed by atoms with van der Waals surface area (Å²) in [5, 5.41) is 5.56. The molecule has 0 bridgehead atoms. The van der Waals surface area contributed by atoms with Crippen LogP contribution >= 0.6 is 11.8 Å². The van der Waals surface area contributed by atoms with Crippen molar-refractivity contribution in [1.29, 1.82) is 0 Å². The van der Waals surface area contributed by atoms with Crippen molar-refractivity contribution in [2.45, 2.75) is 40.2 Å². The normalized spacial score (nSPS) is 11.4. The van der Waals surface area contributed by atoms with E-state index in [1.54, 1.807) is 0 Å². The van der Waals surface area contributed by atoms with Crippen LogP contribution in [-0.2, 0) is 9.53 Å². The Kier molecular flexibility index (Phi) is 11.1. The van der Waals surface area contributed by atoms with E-state index in [9.17, 15) is 9.59 Å². The van der Waals surface area contributed by atoms with Crippen LogP contribution in [0.15, 0.2) is 0 Å². The van der Waals surface area contributed by atoms with Crippen LogP contribution in [0.4, 0.5) is 4.79 Å². The number of carbonyl (C=O) groups excluding carboxylic acids is 2. The molecule has 22 heavy (non-hydrogen) atoms. The fourth-order valence-corrected chi connectivity index (χ4v) is 2.33. The second-order valence-electron chi connectivity index (χ2n) is 5.86. The summed E-state index contributed by atoms with van der Waals surface area (Å²) in [5.74, 6) is 1.13. The number of carbonyl (C=O) groups is 2. The van der Waals surface area contributed by atoms with Crippen LogP contribution in [0.2, 0.25) is 0 Å². The lowest BCUT2D eigenvalue weighted by molar-refractivity contribution is -0.118. The van der Waals surface area contributed by atoms with E-state index < -0.39 is 11.7 Å². The molecule has 0 rings (SSSR count). The van der Waals surface area contributed by atoms with Gasteiger partial charge in [-0.25, -0.2) is 4.79 Å². The first kappa shape index (κ1) is 21.0. The molecule has 0 saturated heterocycles. The molecule has 0 aliphatic carbocycles. The first-order valence-electron chi connectivity index (χ1n) is 7.82. The minimum atomic E-state index is -0.484. The molecule has 2 N–H and O–H groups in total. The number of likely N-dealkylation sites (N-methyl/N-ethyl adjacent to an activating group) is 1. The zero-order chi connectivity index (χ0) is 17.0. The summed E-state index contributed by atoms with van der Waals surface area (Å²) in [5.41, 5.74) is -0.484. The Balaban J connectivity index is 3.55. The monoisotopic (exact) mass is 333 g/mol. The third-order valence-corrected chi connectivity index (χ3v) is 3.75. The van der Waals surface area contributed by atoms with E-state index in [1.165, 1.54) is 11.8 Å². The average Bonchev–Trinajstić information content (AvgIpc) is 2.41. The largest absolute Gasteiger partial charge is 0.444 e. The molecule has 0 aromatic heterocycles. The van der Waals surface area contributed by atoms with Crippen LogP contribution in [0, 0.1) is 0 Å². The molecule has 130 valence electrons. The van der Waals surface area contributed by atoms with Gasteiger partial charge in [-0.1, -0.05) is 13.8 Å². The average molecular weight is 333 g/mol. The zero-order valence-electron chi connectivity index (χ0n) is 14.5. The summed E-state index contributed by atoms with van der Waals surface area (Å²) >= 11 is 1.50. The predicted molar refractivity (Wildman–Crippen MR) is 92.4 cm³/mol. The number of nitrogens with one attached hydrogen (secondary N) is 2. The van der Waals surface area contributed by atoms with Crippen molar-refractivity contribution in [3.8, 4) is 0 Å². The van der Waals surface area contributed by atoms with Crippen molar-refractivity contribution in [3.63, 3.8) is 0 Å². The first-order valence-corrected chi connectivity index (χ1v) is 8.97. The third-order valence-electron chi connectivity index (χ3n) is 2.79. The van der Waals surface area contributed by atoms with E-state index in [-0.39, 0.29) is 5.91 Å². The molecule has 0 radical (unpaired) electrons. The maximum absolute atomic E-state index is 11.6. The Morgan fingerprint density at radius 1 is 1.09 bits per heavy atom. The lowest BCUT2D eigenvalue weighted by Crippen LogP contribution is -2.36. The van der Waals surface area contributed by atoms with Crippen LogP contribution in [0.3, 0.4) is 0 Å². The highest BCUT2D eigenvalue weighted by Gasteiger charge is 2.15. The number of thioether (sulfide) groups is 1. The number of nitrogens with zero attached hydrogens (tertiary/aromatic N) is 1. The van der Waals surface area contributed by atoms with Crippen LogP contribution in [0.25, 0.3) is 0 Å². The molecule has 0 saturated carbocycles. The maximum atomic E-state index is 11.6. The minimum absolute atomic E-state index is 0.0365. The van der Waals surface area contributed by atoms with Gasteiger partial charge >= 0.3 is 6.09 Å². The van der Waals surface area contributed by atoms with Gasteiger partial charge in [-0.2, -0.15) is 11.8 Å². The molecule has 0 aromatic rings. The van der Waals surface area contributed by atoms with E-state index in [1.807, 2.05) is 20.8 Å². The second-order valence-corrected chi connectivity index (χ2v) is 6.96. The maximum Gasteiger partial charge on any atom is 0.407 e. The Morgan fingerprint density at radius 3 is 2.27 bits per heavy atom. The van der Waals surface area contributed by atoms with E-state index in [0.29, 0.717) is 24.6 Å². The van der Waals surface area contributed by atoms with Crippen molar-refractivity contribution in [2.75, 3.05) is 44.2 Å². The van der Waals surface area contributed by atoms with Crippen LogP contribution < -0.4 is 10.6 Å². The van der Waals surface area contributed by atoms with Gasteiger partial charge in [0.25, 0.3) is 0 Å². The van der Waals surface area contributed by atoms with Crippen molar-refractivity contribution >= 4 is 23.8 Å². The Hall–Kier alpha value is -0.950. The van der Waals surface area contributed by atoms with E-state index in [0.717, 1.165) is 19.6 Å². The Labute approximate surface area is 138 Å². The van der Waals surface area contributed by atoms with E-state index in [2.05, 4.69) is 29.4 Å². The summed E-state index contributed by atoms with van der Waals surface area (Å²) in [4.78, 5) is 25.3. The molecule has 0 spiro atoms. The van der Waals surface area contributed by atoms with Gasteiger partial charge in [0.15, 0.2) is 0 Å². The van der Waals surface area contributed by atoms with Crippen molar-refractivity contribution in [2.24, 2.45) is 0 Å². The number of rotatable bonds is 10. The van der Waals surface area contributed by atoms with Gasteiger partial charge < -0.3 is 20.3 Å². The van der Waals surface area contributed by atoms with E-state index in [4.69, 9.17) is 4.74 Å². The Morgan fingerprint density at radius 2 is 1.73 bits per heavy atom. The third kappa shape index (κ3) is 12.8. The summed E-state index contributed by atoms with van der Waals surface area (Å²) in [6.45, 7) is 13.7. The second kappa shape index (κ2) is 11.6. The van der Waals surface area contributed by atoms with Gasteiger partial charge in [0.05, 0.1) is 5.75 Å². The standard InChI is InChI=1S/C15H31N3O3S/c1-6-18(7-2)10-8-16-13(19)12-22-11-9-17-14(20)21-15(3,4)5/h6-12H2,1-5H3,(H,16,19)(H,17,20). The van der Waals surface area contributed by atoms with E-state index >= 15 is 0 Å². The van der Waals surface area contributed by atoms with Gasteiger partial charge in [0, 0.05) is 25.4 Å². The van der Waals surface area contributed by atoms with Crippen LogP contribution in [-0.4, -0.2) is 66.7 Å². The van der Waals surface area contributed by atoms with Crippen molar-refractivity contribution in [3.05, 3.63) is 0 Å². The summed E-state index contributed by atoms with van der Waals surface area (Å²) in [6.07, 6.45) is -0.420. The lowest BCUT2D eigenvalue weighted by Gasteiger charge is -2.19. The number of alkyl carbamates (subject to hydrolysis) is 1. The fourth-order valence-electron chi connectivity index (χ4n) is 1.65. The quantitative estimate of drug-likeness (QED) is 0.596. The first-order chi connectivity index (χ1) is 10.3. The number of amides is 2. The molecule has 0 aliphatic heterocycles. The molecule has 0 aliphatic rings. The smallest absolute Gasteiger partial charge is 0.407 e. The number of ether oxygens (including phenoxy) is 1. The van der Waals surface area contributed by atoms with Crippen LogP contribution in [0.5, 0.6) is 0 Å². The zero-order valence-corrected chi connectivity index (χ0v) is 15.3. The highest BCUT2D eigenvalue weighted by atomic mass is 32.2. The fraction of sp³-hybridized carbons (Fsp3) is 0.867. The summed E-state index contributed by atoms with van der Waals surface area (Å²) in [7, 11) is 0. The highest BCUT2D eigenvalue weighted by Crippen LogP contribution is 2.06. The van der Waals surface area contributed by atoms with Gasteiger partial charge in [-0.15, -0.1) is 0 Å². The van der Waals surface area contributed by atoms with Crippen molar-refractivity contribution in [1.82, 2.24) is 15.5 Å². The molecule has 0 atom stereocenters. The minimum Gasteiger partial charge on any atom is -0.444 e. The molecule has 0 aromatic carbocycles. The van der Waals surface area contributed by atoms with Gasteiger partial charge in [-0.3, -0.25) is 4.79 Å². The summed E-state index contributed by atoms with van der Waals surface area (Å²) < 4.78 is 5.12. The highest BCUT2D eigenvalue weighted by molar-refractivity contribution is 7.99. The molecule has 2 amide bonds. The topological polar surface area (TPSA) is 70.7 Å². The predicted octanol–water partition coefficient (Wildman–Crippen LogP) is 1.70. The SMILES string of the molecule is CCN(CC)CCNC(=O)CSCCNC(=O)OC(C)(C)C. The lowest BCUT2D eigenvalue weighted by atomic mass is 10.2. The molecule has 6 nitrogen and oxygen atoms in total. The molecular weight excluding hydrogens is 302 g/mol. The van der Waals surface area contributed by atoms with Crippen molar-refractivity contribution < 1.29 is 14.3 Å². The summed E-state index contributed by atoms with van der Waals surface area (Å²) in [6, 6.07) is 0.